The van der Waals surface area contributed by atoms with E-state index in [0.29, 0.717) is 23.1 Å². The molecule has 0 unspecified atom stereocenters. The molecule has 1 atom stereocenters. The van der Waals surface area contributed by atoms with Crippen LogP contribution >= 0.6 is 23.1 Å². The Kier molecular flexibility index (Phi) is 7.93. The van der Waals surface area contributed by atoms with E-state index in [1.165, 1.54) is 52.9 Å². The van der Waals surface area contributed by atoms with Crippen LogP contribution in [-0.2, 0) is 11.3 Å². The van der Waals surface area contributed by atoms with Gasteiger partial charge in [-0.3, -0.25) is 14.2 Å². The smallest absolute Gasteiger partial charge is 0.287 e. The van der Waals surface area contributed by atoms with Crippen LogP contribution in [0.1, 0.15) is 39.3 Å². The fourth-order valence-corrected chi connectivity index (χ4v) is 6.03. The molecule has 0 saturated heterocycles. The highest BCUT2D eigenvalue weighted by molar-refractivity contribution is 7.99. The molecule has 1 aliphatic rings. The maximum atomic E-state index is 13.7. The van der Waals surface area contributed by atoms with E-state index in [1.807, 2.05) is 17.5 Å². The number of carbonyl (C=O) groups excluding carboxylic acids is 2. The number of aromatic nitrogens is 3. The molecule has 0 aliphatic carbocycles. The zero-order valence-electron chi connectivity index (χ0n) is 21.8. The molecule has 5 aromatic rings. The van der Waals surface area contributed by atoms with Crippen LogP contribution in [-0.4, -0.2) is 43.1 Å². The molecular formula is C29H22F2N6O3S2. The van der Waals surface area contributed by atoms with Gasteiger partial charge in [-0.05, 0) is 65.5 Å². The Bertz CT molecular complexity index is 1720. The first-order valence-corrected chi connectivity index (χ1v) is 14.7. The topological polar surface area (TPSA) is 106 Å². The van der Waals surface area contributed by atoms with Gasteiger partial charge in [0, 0.05) is 12.1 Å². The van der Waals surface area contributed by atoms with Gasteiger partial charge in [0.1, 0.15) is 11.6 Å². The van der Waals surface area contributed by atoms with Gasteiger partial charge >= 0.3 is 0 Å². The van der Waals surface area contributed by atoms with Gasteiger partial charge in [-0.15, -0.1) is 21.5 Å². The predicted molar refractivity (Wildman–Crippen MR) is 153 cm³/mol. The second-order valence-corrected chi connectivity index (χ2v) is 11.1. The number of amides is 2. The van der Waals surface area contributed by atoms with Gasteiger partial charge in [-0.2, -0.15) is 5.10 Å². The molecule has 4 heterocycles. The summed E-state index contributed by atoms with van der Waals surface area (Å²) in [6, 6.07) is 18.4. The minimum absolute atomic E-state index is 0.00560. The molecule has 42 heavy (non-hydrogen) atoms. The van der Waals surface area contributed by atoms with Crippen LogP contribution in [0, 0.1) is 11.6 Å². The van der Waals surface area contributed by atoms with E-state index in [4.69, 9.17) is 4.42 Å². The molecule has 6 rings (SSSR count). The first-order chi connectivity index (χ1) is 20.5. The van der Waals surface area contributed by atoms with Crippen molar-refractivity contribution in [2.75, 3.05) is 5.75 Å². The Morgan fingerprint density at radius 2 is 1.76 bits per heavy atom. The number of benzene rings is 2. The number of hydrogen-bond donors (Lipinski definition) is 1. The molecule has 0 spiro atoms. The number of thioether (sulfide) groups is 1. The van der Waals surface area contributed by atoms with Crippen molar-refractivity contribution in [3.63, 3.8) is 0 Å². The molecule has 2 aromatic carbocycles. The fourth-order valence-electron chi connectivity index (χ4n) is 4.48. The molecule has 2 amide bonds. The van der Waals surface area contributed by atoms with Crippen molar-refractivity contribution in [1.82, 2.24) is 25.1 Å². The molecule has 0 fully saturated rings. The van der Waals surface area contributed by atoms with Crippen molar-refractivity contribution in [1.29, 1.82) is 0 Å². The van der Waals surface area contributed by atoms with Crippen LogP contribution in [0.5, 0.6) is 0 Å². The third-order valence-corrected chi connectivity index (χ3v) is 8.32. The first-order valence-electron chi connectivity index (χ1n) is 12.8. The summed E-state index contributed by atoms with van der Waals surface area (Å²) in [5.41, 5.74) is 2.11. The van der Waals surface area contributed by atoms with Crippen LogP contribution in [0.25, 0.3) is 5.69 Å². The molecule has 212 valence electrons. The maximum absolute atomic E-state index is 13.7. The molecule has 1 aliphatic heterocycles. The lowest BCUT2D eigenvalue weighted by Crippen LogP contribution is -2.28. The van der Waals surface area contributed by atoms with Crippen LogP contribution in [0.4, 0.5) is 8.78 Å². The number of halogens is 2. The molecule has 9 nitrogen and oxygen atoms in total. The number of rotatable bonds is 9. The van der Waals surface area contributed by atoms with Gasteiger partial charge < -0.3 is 9.73 Å². The standard InChI is InChI=1S/C29H22F2N6O3S2/c30-19-7-5-18(6-8-19)23-15-22(25-4-2-14-41-25)35-37(23)27(38)17-42-29-34-33-26(16-32-28(39)24-3-1-13-40-24)36(29)21-11-9-20(31)10-12-21/h1-14,23H,15-17H2,(H,32,39)/t23-/m0/s1. The van der Waals surface area contributed by atoms with Gasteiger partial charge in [0.2, 0.25) is 0 Å². The summed E-state index contributed by atoms with van der Waals surface area (Å²) in [4.78, 5) is 27.0. The SMILES string of the molecule is O=C(NCc1nnc(SCC(=O)N2N=C(c3cccs3)C[C@H]2c2ccc(F)cc2)n1-c1ccc(F)cc1)c1ccco1. The molecule has 0 radical (unpaired) electrons. The molecular weight excluding hydrogens is 582 g/mol. The largest absolute Gasteiger partial charge is 0.459 e. The Labute approximate surface area is 246 Å². The second kappa shape index (κ2) is 12.1. The lowest BCUT2D eigenvalue weighted by molar-refractivity contribution is -0.130. The Balaban J connectivity index is 1.24. The van der Waals surface area contributed by atoms with Crippen LogP contribution in [0.2, 0.25) is 0 Å². The van der Waals surface area contributed by atoms with Gasteiger partial charge in [0.25, 0.3) is 11.8 Å². The molecule has 13 heteroatoms. The van der Waals surface area contributed by atoms with Crippen molar-refractivity contribution >= 4 is 40.6 Å². The second-order valence-electron chi connectivity index (χ2n) is 9.19. The van der Waals surface area contributed by atoms with E-state index in [9.17, 15) is 18.4 Å². The zero-order valence-corrected chi connectivity index (χ0v) is 23.4. The zero-order chi connectivity index (χ0) is 29.1. The number of nitrogens with one attached hydrogen (secondary N) is 1. The average molecular weight is 605 g/mol. The van der Waals surface area contributed by atoms with E-state index < -0.39 is 17.8 Å². The highest BCUT2D eigenvalue weighted by Gasteiger charge is 2.33. The molecule has 0 bridgehead atoms. The summed E-state index contributed by atoms with van der Waals surface area (Å²) in [6.07, 6.45) is 1.89. The van der Waals surface area contributed by atoms with E-state index in [-0.39, 0.29) is 29.8 Å². The van der Waals surface area contributed by atoms with Gasteiger partial charge in [-0.25, -0.2) is 13.8 Å². The number of carbonyl (C=O) groups is 2. The summed E-state index contributed by atoms with van der Waals surface area (Å²) in [7, 11) is 0. The number of thiophene rings is 1. The Hall–Kier alpha value is -4.62. The third-order valence-electron chi connectivity index (χ3n) is 6.49. The highest BCUT2D eigenvalue weighted by Crippen LogP contribution is 2.35. The minimum atomic E-state index is -0.432. The molecule has 3 aromatic heterocycles. The monoisotopic (exact) mass is 604 g/mol. The van der Waals surface area contributed by atoms with E-state index in [0.717, 1.165) is 27.9 Å². The number of furan rings is 1. The number of hydrazone groups is 1. The summed E-state index contributed by atoms with van der Waals surface area (Å²) >= 11 is 2.67. The van der Waals surface area contributed by atoms with Crippen LogP contribution in [0.3, 0.4) is 0 Å². The number of hydrogen-bond acceptors (Lipinski definition) is 8. The van der Waals surface area contributed by atoms with Gasteiger partial charge in [0.15, 0.2) is 16.7 Å². The predicted octanol–water partition coefficient (Wildman–Crippen LogP) is 5.60. The Morgan fingerprint density at radius 3 is 2.45 bits per heavy atom. The summed E-state index contributed by atoms with van der Waals surface area (Å²) in [5.74, 6) is -0.992. The summed E-state index contributed by atoms with van der Waals surface area (Å²) in [5, 5.41) is 19.6. The summed E-state index contributed by atoms with van der Waals surface area (Å²) < 4.78 is 34.1. The van der Waals surface area contributed by atoms with Crippen molar-refractivity contribution in [3.05, 3.63) is 118 Å². The third kappa shape index (κ3) is 5.87. The van der Waals surface area contributed by atoms with Crippen molar-refractivity contribution in [3.8, 4) is 5.69 Å². The highest BCUT2D eigenvalue weighted by atomic mass is 32.2. The lowest BCUT2D eigenvalue weighted by Gasteiger charge is -2.22. The van der Waals surface area contributed by atoms with Crippen molar-refractivity contribution in [2.45, 2.75) is 24.2 Å². The first kappa shape index (κ1) is 27.5. The molecule has 0 saturated carbocycles. The lowest BCUT2D eigenvalue weighted by atomic mass is 10.0. The number of nitrogens with zero attached hydrogens (tertiary/aromatic N) is 5. The maximum Gasteiger partial charge on any atom is 0.287 e. The van der Waals surface area contributed by atoms with Crippen molar-refractivity contribution < 1.29 is 22.8 Å². The fraction of sp³-hybridized carbons (Fsp3) is 0.138. The van der Waals surface area contributed by atoms with Crippen LogP contribution < -0.4 is 5.32 Å². The van der Waals surface area contributed by atoms with E-state index in [2.05, 4.69) is 20.6 Å². The van der Waals surface area contributed by atoms with Crippen molar-refractivity contribution in [2.24, 2.45) is 5.10 Å². The van der Waals surface area contributed by atoms with Gasteiger partial charge in [0.05, 0.1) is 35.2 Å². The minimum Gasteiger partial charge on any atom is -0.459 e. The molecule has 1 N–H and O–H groups in total. The van der Waals surface area contributed by atoms with Crippen LogP contribution in [0.15, 0.2) is 99.1 Å². The normalized spacial score (nSPS) is 14.7. The van der Waals surface area contributed by atoms with Gasteiger partial charge in [-0.1, -0.05) is 30.0 Å². The van der Waals surface area contributed by atoms with E-state index >= 15 is 0 Å². The summed E-state index contributed by atoms with van der Waals surface area (Å²) in [6.45, 7) is 0.00560. The Morgan fingerprint density at radius 1 is 1.00 bits per heavy atom. The van der Waals surface area contributed by atoms with E-state index in [1.54, 1.807) is 34.9 Å². The quantitative estimate of drug-likeness (QED) is 0.220. The average Bonchev–Trinajstić information content (AvgIpc) is 3.82.